The predicted octanol–water partition coefficient (Wildman–Crippen LogP) is 2.22. The van der Waals surface area contributed by atoms with Crippen molar-refractivity contribution < 1.29 is 13.3 Å². The van der Waals surface area contributed by atoms with Gasteiger partial charge in [0.25, 0.3) is 0 Å². The summed E-state index contributed by atoms with van der Waals surface area (Å²) in [5.41, 5.74) is 0.864. The molecule has 3 rings (SSSR count). The Balaban J connectivity index is 1.80. The summed E-state index contributed by atoms with van der Waals surface area (Å²) in [6, 6.07) is 0. The predicted molar refractivity (Wildman–Crippen MR) is 59.7 cm³/mol. The van der Waals surface area contributed by atoms with Gasteiger partial charge in [-0.2, -0.15) is 0 Å². The second-order valence-corrected chi connectivity index (χ2v) is 3.91. The third-order valence-corrected chi connectivity index (χ3v) is 2.70. The summed E-state index contributed by atoms with van der Waals surface area (Å²) in [6.45, 7) is 0. The van der Waals surface area contributed by atoms with Crippen molar-refractivity contribution >= 4 is 0 Å². The molecule has 0 aromatic carbocycles. The van der Waals surface area contributed by atoms with E-state index >= 15 is 0 Å². The molecule has 3 heterocycles. The molecule has 0 fully saturated rings. The summed E-state index contributed by atoms with van der Waals surface area (Å²) >= 11 is 0. The van der Waals surface area contributed by atoms with Gasteiger partial charge in [-0.25, -0.2) is 15.0 Å². The van der Waals surface area contributed by atoms with Gasteiger partial charge >= 0.3 is 0 Å². The van der Waals surface area contributed by atoms with Gasteiger partial charge in [0.05, 0.1) is 18.1 Å². The van der Waals surface area contributed by atoms with Crippen LogP contribution in [0.3, 0.4) is 0 Å². The molecule has 1 unspecified atom stereocenters. The average molecular weight is 245 g/mol. The molecular weight excluding hydrogens is 234 g/mol. The van der Waals surface area contributed by atoms with Crippen LogP contribution in [0.5, 0.6) is 0 Å². The van der Waals surface area contributed by atoms with E-state index in [-0.39, 0.29) is 5.92 Å². The fourth-order valence-electron chi connectivity index (χ4n) is 1.86. The van der Waals surface area contributed by atoms with E-state index in [0.29, 0.717) is 18.7 Å². The highest BCUT2D eigenvalue weighted by Gasteiger charge is 2.19. The standard InChI is InChI=1S/C12H11N3O3/c1-2-17-12(14-1)4-9(11-5-13-7-18-11)3-10-6-16-8-15-10/h1-2,5-9H,3-4H2. The minimum Gasteiger partial charge on any atom is -0.451 e. The number of rotatable bonds is 5. The van der Waals surface area contributed by atoms with Crippen LogP contribution in [0.2, 0.25) is 0 Å². The molecule has 6 heteroatoms. The summed E-state index contributed by atoms with van der Waals surface area (Å²) in [5.74, 6) is 1.53. The number of hydrogen-bond acceptors (Lipinski definition) is 6. The van der Waals surface area contributed by atoms with Crippen LogP contribution < -0.4 is 0 Å². The molecule has 92 valence electrons. The van der Waals surface area contributed by atoms with Crippen LogP contribution in [0, 0.1) is 0 Å². The zero-order valence-electron chi connectivity index (χ0n) is 9.52. The number of hydrogen-bond donors (Lipinski definition) is 0. The highest BCUT2D eigenvalue weighted by molar-refractivity contribution is 5.08. The summed E-state index contributed by atoms with van der Waals surface area (Å²) < 4.78 is 15.6. The van der Waals surface area contributed by atoms with Crippen LogP contribution in [0.4, 0.5) is 0 Å². The molecule has 0 radical (unpaired) electrons. The van der Waals surface area contributed by atoms with E-state index in [1.54, 1.807) is 24.9 Å². The van der Waals surface area contributed by atoms with E-state index in [9.17, 15) is 0 Å². The third kappa shape index (κ3) is 2.32. The maximum atomic E-state index is 5.35. The summed E-state index contributed by atoms with van der Waals surface area (Å²) in [4.78, 5) is 12.2. The van der Waals surface area contributed by atoms with E-state index < -0.39 is 0 Å². The second-order valence-electron chi connectivity index (χ2n) is 3.91. The number of nitrogens with zero attached hydrogens (tertiary/aromatic N) is 3. The van der Waals surface area contributed by atoms with E-state index in [2.05, 4.69) is 15.0 Å². The molecule has 6 nitrogen and oxygen atoms in total. The molecule has 0 amide bonds. The quantitative estimate of drug-likeness (QED) is 0.685. The maximum Gasteiger partial charge on any atom is 0.194 e. The van der Waals surface area contributed by atoms with Gasteiger partial charge in [-0.05, 0) is 0 Å². The molecule has 0 N–H and O–H groups in total. The second kappa shape index (κ2) is 4.87. The van der Waals surface area contributed by atoms with Gasteiger partial charge in [-0.3, -0.25) is 0 Å². The Morgan fingerprint density at radius 1 is 1.11 bits per heavy atom. The molecule has 0 spiro atoms. The van der Waals surface area contributed by atoms with E-state index in [1.165, 1.54) is 12.8 Å². The van der Waals surface area contributed by atoms with Gasteiger partial charge < -0.3 is 13.3 Å². The van der Waals surface area contributed by atoms with Crippen molar-refractivity contribution in [2.75, 3.05) is 0 Å². The molecule has 3 aromatic rings. The van der Waals surface area contributed by atoms with Gasteiger partial charge in [-0.1, -0.05) is 0 Å². The largest absolute Gasteiger partial charge is 0.451 e. The molecule has 0 aliphatic heterocycles. The minimum atomic E-state index is 0.0799. The smallest absolute Gasteiger partial charge is 0.194 e. The monoisotopic (exact) mass is 245 g/mol. The summed E-state index contributed by atoms with van der Waals surface area (Å²) in [6.07, 6.45) is 10.7. The van der Waals surface area contributed by atoms with Crippen LogP contribution >= 0.6 is 0 Å². The van der Waals surface area contributed by atoms with Crippen molar-refractivity contribution in [2.24, 2.45) is 0 Å². The Hall–Kier alpha value is -2.37. The SMILES string of the molecule is c1coc(CC(Cc2cocn2)c2cnco2)n1. The van der Waals surface area contributed by atoms with E-state index in [4.69, 9.17) is 13.3 Å². The lowest BCUT2D eigenvalue weighted by Gasteiger charge is -2.09. The Labute approximate surface area is 103 Å². The normalized spacial score (nSPS) is 12.7. The molecule has 18 heavy (non-hydrogen) atoms. The summed E-state index contributed by atoms with van der Waals surface area (Å²) in [5, 5.41) is 0. The fourth-order valence-corrected chi connectivity index (χ4v) is 1.86. The molecule has 0 saturated carbocycles. The van der Waals surface area contributed by atoms with Crippen molar-refractivity contribution in [2.45, 2.75) is 18.8 Å². The van der Waals surface area contributed by atoms with Crippen molar-refractivity contribution in [1.82, 2.24) is 15.0 Å². The lowest BCUT2D eigenvalue weighted by Crippen LogP contribution is -2.06. The van der Waals surface area contributed by atoms with Crippen molar-refractivity contribution in [3.05, 3.63) is 55.1 Å². The lowest BCUT2D eigenvalue weighted by molar-refractivity contribution is 0.415. The van der Waals surface area contributed by atoms with Crippen LogP contribution in [-0.4, -0.2) is 15.0 Å². The van der Waals surface area contributed by atoms with E-state index in [0.717, 1.165) is 11.5 Å². The molecule has 1 atom stereocenters. The zero-order valence-corrected chi connectivity index (χ0v) is 9.52. The zero-order chi connectivity index (χ0) is 12.2. The Morgan fingerprint density at radius 3 is 2.78 bits per heavy atom. The third-order valence-electron chi connectivity index (χ3n) is 2.70. The lowest BCUT2D eigenvalue weighted by atomic mass is 9.97. The Bertz CT molecular complexity index is 522. The number of oxazole rings is 3. The highest BCUT2D eigenvalue weighted by atomic mass is 16.3. The topological polar surface area (TPSA) is 78.1 Å². The molecule has 0 saturated heterocycles. The molecule has 0 bridgehead atoms. The first-order valence-electron chi connectivity index (χ1n) is 5.55. The van der Waals surface area contributed by atoms with Crippen molar-refractivity contribution in [3.63, 3.8) is 0 Å². The van der Waals surface area contributed by atoms with Crippen LogP contribution in [0.15, 0.2) is 51.0 Å². The van der Waals surface area contributed by atoms with Gasteiger partial charge in [0.1, 0.15) is 18.3 Å². The summed E-state index contributed by atoms with van der Waals surface area (Å²) in [7, 11) is 0. The highest BCUT2D eigenvalue weighted by Crippen LogP contribution is 2.23. The first-order chi connectivity index (χ1) is 8.92. The Kier molecular flexibility index (Phi) is 2.91. The van der Waals surface area contributed by atoms with Crippen molar-refractivity contribution in [3.8, 4) is 0 Å². The van der Waals surface area contributed by atoms with Crippen LogP contribution in [0.25, 0.3) is 0 Å². The van der Waals surface area contributed by atoms with Crippen molar-refractivity contribution in [1.29, 1.82) is 0 Å². The van der Waals surface area contributed by atoms with Gasteiger partial charge in [0.2, 0.25) is 0 Å². The fraction of sp³-hybridized carbons (Fsp3) is 0.250. The van der Waals surface area contributed by atoms with E-state index in [1.807, 2.05) is 0 Å². The molecular formula is C12H11N3O3. The van der Waals surface area contributed by atoms with Crippen LogP contribution in [0.1, 0.15) is 23.3 Å². The van der Waals surface area contributed by atoms with Gasteiger partial charge in [0.15, 0.2) is 18.7 Å². The molecule has 3 aromatic heterocycles. The molecule has 0 aliphatic carbocycles. The molecule has 0 aliphatic rings. The minimum absolute atomic E-state index is 0.0799. The van der Waals surface area contributed by atoms with Gasteiger partial charge in [-0.15, -0.1) is 0 Å². The number of aromatic nitrogens is 3. The first-order valence-corrected chi connectivity index (χ1v) is 5.55. The average Bonchev–Trinajstić information content (AvgIpc) is 3.13. The van der Waals surface area contributed by atoms with Gasteiger partial charge in [0, 0.05) is 18.8 Å². The Morgan fingerprint density at radius 2 is 2.11 bits per heavy atom. The maximum absolute atomic E-state index is 5.35. The van der Waals surface area contributed by atoms with Crippen LogP contribution in [-0.2, 0) is 12.8 Å². The first kappa shape index (κ1) is 10.8.